The van der Waals surface area contributed by atoms with Gasteiger partial charge in [0, 0.05) is 33.4 Å². The molecule has 0 aliphatic heterocycles. The lowest BCUT2D eigenvalue weighted by molar-refractivity contribution is 0.129. The van der Waals surface area contributed by atoms with Gasteiger partial charge in [0.05, 0.1) is 0 Å². The minimum absolute atomic E-state index is 0. The molecule has 0 unspecified atom stereocenters. The van der Waals surface area contributed by atoms with Crippen LogP contribution in [0.3, 0.4) is 0 Å². The van der Waals surface area contributed by atoms with Crippen LogP contribution < -0.4 is 10.6 Å². The van der Waals surface area contributed by atoms with Gasteiger partial charge in [-0.2, -0.15) is 0 Å². The van der Waals surface area contributed by atoms with Gasteiger partial charge in [0.15, 0.2) is 5.96 Å². The van der Waals surface area contributed by atoms with E-state index in [4.69, 9.17) is 4.74 Å². The average Bonchev–Trinajstić information content (AvgIpc) is 2.57. The third-order valence-corrected chi connectivity index (χ3v) is 3.40. The minimum Gasteiger partial charge on any atom is -0.381 e. The van der Waals surface area contributed by atoms with Gasteiger partial charge >= 0.3 is 0 Å². The van der Waals surface area contributed by atoms with E-state index in [-0.39, 0.29) is 24.0 Å². The quantitative estimate of drug-likeness (QED) is 0.243. The topological polar surface area (TPSA) is 45.6 Å². The number of benzene rings is 1. The Morgan fingerprint density at radius 1 is 1.00 bits per heavy atom. The first-order valence-electron chi connectivity index (χ1n) is 8.43. The van der Waals surface area contributed by atoms with Crippen molar-refractivity contribution in [1.29, 1.82) is 0 Å². The van der Waals surface area contributed by atoms with Crippen molar-refractivity contribution in [1.82, 2.24) is 10.6 Å². The lowest BCUT2D eigenvalue weighted by atomic mass is 10.1. The SMILES string of the molecule is CCCCOCCCNC(=NC)NCCCc1ccccc1.I. The second kappa shape index (κ2) is 16.1. The lowest BCUT2D eigenvalue weighted by Gasteiger charge is -2.12. The molecule has 0 atom stereocenters. The third kappa shape index (κ3) is 12.3. The second-order valence-electron chi connectivity index (χ2n) is 5.33. The molecule has 0 amide bonds. The summed E-state index contributed by atoms with van der Waals surface area (Å²) in [5.74, 6) is 0.876. The van der Waals surface area contributed by atoms with Gasteiger partial charge in [-0.05, 0) is 31.2 Å². The Bertz CT molecular complexity index is 399. The molecule has 1 aromatic rings. The highest BCUT2D eigenvalue weighted by atomic mass is 127. The van der Waals surface area contributed by atoms with Crippen LogP contribution in [0.4, 0.5) is 0 Å². The van der Waals surface area contributed by atoms with E-state index in [1.54, 1.807) is 0 Å². The van der Waals surface area contributed by atoms with Crippen LogP contribution in [0, 0.1) is 0 Å². The number of guanidine groups is 1. The van der Waals surface area contributed by atoms with Crippen molar-refractivity contribution in [3.63, 3.8) is 0 Å². The Labute approximate surface area is 158 Å². The summed E-state index contributed by atoms with van der Waals surface area (Å²) >= 11 is 0. The molecule has 0 spiro atoms. The van der Waals surface area contributed by atoms with E-state index < -0.39 is 0 Å². The van der Waals surface area contributed by atoms with Crippen LogP contribution in [0.25, 0.3) is 0 Å². The first kappa shape index (κ1) is 22.2. The summed E-state index contributed by atoms with van der Waals surface area (Å²) in [5, 5.41) is 6.67. The highest BCUT2D eigenvalue weighted by Gasteiger charge is 1.97. The Balaban J connectivity index is 0.00000484. The van der Waals surface area contributed by atoms with E-state index in [1.807, 2.05) is 7.05 Å². The van der Waals surface area contributed by atoms with E-state index in [1.165, 1.54) is 12.0 Å². The molecule has 0 heterocycles. The predicted octanol–water partition coefficient (Wildman–Crippen LogP) is 3.61. The van der Waals surface area contributed by atoms with Crippen molar-refractivity contribution in [2.75, 3.05) is 33.4 Å². The van der Waals surface area contributed by atoms with Crippen LogP contribution in [0.5, 0.6) is 0 Å². The number of halogens is 1. The van der Waals surface area contributed by atoms with Crippen LogP contribution in [-0.2, 0) is 11.2 Å². The van der Waals surface area contributed by atoms with E-state index in [0.29, 0.717) is 0 Å². The van der Waals surface area contributed by atoms with Gasteiger partial charge in [0.25, 0.3) is 0 Å². The fraction of sp³-hybridized carbons (Fsp3) is 0.611. The molecule has 0 aromatic heterocycles. The number of nitrogens with zero attached hydrogens (tertiary/aromatic N) is 1. The highest BCUT2D eigenvalue weighted by molar-refractivity contribution is 14.0. The largest absolute Gasteiger partial charge is 0.381 e. The number of rotatable bonds is 11. The molecule has 0 fully saturated rings. The van der Waals surface area contributed by atoms with Gasteiger partial charge in [-0.3, -0.25) is 4.99 Å². The summed E-state index contributed by atoms with van der Waals surface area (Å²) in [6, 6.07) is 10.6. The lowest BCUT2D eigenvalue weighted by Crippen LogP contribution is -2.38. The first-order valence-corrected chi connectivity index (χ1v) is 8.43. The second-order valence-corrected chi connectivity index (χ2v) is 5.33. The van der Waals surface area contributed by atoms with E-state index >= 15 is 0 Å². The average molecular weight is 433 g/mol. The van der Waals surface area contributed by atoms with Crippen LogP contribution in [0.15, 0.2) is 35.3 Å². The fourth-order valence-corrected chi connectivity index (χ4v) is 2.09. The number of ether oxygens (including phenoxy) is 1. The van der Waals surface area contributed by atoms with Gasteiger partial charge in [-0.15, -0.1) is 24.0 Å². The van der Waals surface area contributed by atoms with Gasteiger partial charge in [0.1, 0.15) is 0 Å². The summed E-state index contributed by atoms with van der Waals surface area (Å²) in [4.78, 5) is 4.23. The van der Waals surface area contributed by atoms with Crippen molar-refractivity contribution in [3.8, 4) is 0 Å². The smallest absolute Gasteiger partial charge is 0.190 e. The fourth-order valence-electron chi connectivity index (χ4n) is 2.09. The zero-order valence-electron chi connectivity index (χ0n) is 14.5. The number of aryl methyl sites for hydroxylation is 1. The van der Waals surface area contributed by atoms with Crippen LogP contribution >= 0.6 is 24.0 Å². The van der Waals surface area contributed by atoms with Crippen molar-refractivity contribution in [2.24, 2.45) is 4.99 Å². The van der Waals surface area contributed by atoms with Crippen molar-refractivity contribution < 1.29 is 4.74 Å². The van der Waals surface area contributed by atoms with Crippen LogP contribution in [0.2, 0.25) is 0 Å². The third-order valence-electron chi connectivity index (χ3n) is 3.40. The molecule has 0 saturated carbocycles. The Hall–Kier alpha value is -0.820. The van der Waals surface area contributed by atoms with E-state index in [0.717, 1.165) is 57.9 Å². The number of hydrogen-bond acceptors (Lipinski definition) is 2. The number of unbranched alkanes of at least 4 members (excludes halogenated alkanes) is 1. The standard InChI is InChI=1S/C18H31N3O.HI/c1-3-4-15-22-16-9-14-21-18(19-2)20-13-8-12-17-10-6-5-7-11-17;/h5-7,10-11H,3-4,8-9,12-16H2,1-2H3,(H2,19,20,21);1H. The number of hydrogen-bond donors (Lipinski definition) is 2. The summed E-state index contributed by atoms with van der Waals surface area (Å²) in [5.41, 5.74) is 1.39. The molecule has 0 aliphatic rings. The van der Waals surface area contributed by atoms with Crippen LogP contribution in [-0.4, -0.2) is 39.3 Å². The zero-order chi connectivity index (χ0) is 15.9. The Morgan fingerprint density at radius 2 is 1.65 bits per heavy atom. The first-order chi connectivity index (χ1) is 10.9. The normalized spacial score (nSPS) is 11.0. The molecule has 23 heavy (non-hydrogen) atoms. The minimum atomic E-state index is 0. The van der Waals surface area contributed by atoms with Gasteiger partial charge in [0.2, 0.25) is 0 Å². The molecule has 0 bridgehead atoms. The monoisotopic (exact) mass is 433 g/mol. The summed E-state index contributed by atoms with van der Waals surface area (Å²) < 4.78 is 5.54. The van der Waals surface area contributed by atoms with Gasteiger partial charge in [-0.25, -0.2) is 0 Å². The molecule has 0 radical (unpaired) electrons. The molecule has 132 valence electrons. The molecule has 0 aliphatic carbocycles. The molecule has 0 saturated heterocycles. The molecule has 1 aromatic carbocycles. The molecule has 2 N–H and O–H groups in total. The Morgan fingerprint density at radius 3 is 2.30 bits per heavy atom. The maximum absolute atomic E-state index is 5.54. The number of nitrogens with one attached hydrogen (secondary N) is 2. The van der Waals surface area contributed by atoms with Crippen molar-refractivity contribution in [2.45, 2.75) is 39.0 Å². The van der Waals surface area contributed by atoms with Gasteiger partial charge in [-0.1, -0.05) is 43.7 Å². The van der Waals surface area contributed by atoms with Gasteiger partial charge < -0.3 is 15.4 Å². The number of aliphatic imine (C=N–C) groups is 1. The van der Waals surface area contributed by atoms with E-state index in [2.05, 4.69) is 52.9 Å². The molecule has 5 heteroatoms. The summed E-state index contributed by atoms with van der Waals surface area (Å²) in [6.45, 7) is 5.70. The molecule has 4 nitrogen and oxygen atoms in total. The molecular weight excluding hydrogens is 401 g/mol. The zero-order valence-corrected chi connectivity index (χ0v) is 16.8. The summed E-state index contributed by atoms with van der Waals surface area (Å²) in [6.07, 6.45) is 5.55. The highest BCUT2D eigenvalue weighted by Crippen LogP contribution is 2.01. The predicted molar refractivity (Wildman–Crippen MR) is 110 cm³/mol. The molecule has 1 rings (SSSR count). The van der Waals surface area contributed by atoms with E-state index in [9.17, 15) is 0 Å². The summed E-state index contributed by atoms with van der Waals surface area (Å²) in [7, 11) is 1.81. The van der Waals surface area contributed by atoms with Crippen molar-refractivity contribution >= 4 is 29.9 Å². The van der Waals surface area contributed by atoms with Crippen molar-refractivity contribution in [3.05, 3.63) is 35.9 Å². The molecular formula is C18H32IN3O. The van der Waals surface area contributed by atoms with Crippen LogP contribution in [0.1, 0.15) is 38.2 Å². The maximum Gasteiger partial charge on any atom is 0.190 e. The Kier molecular flexibility index (Phi) is 15.5. The maximum atomic E-state index is 5.54.